The summed E-state index contributed by atoms with van der Waals surface area (Å²) in [6, 6.07) is 13.0. The number of benzene rings is 2. The Morgan fingerprint density at radius 1 is 1.00 bits per heavy atom. The lowest BCUT2D eigenvalue weighted by Gasteiger charge is -1.93. The van der Waals surface area contributed by atoms with Crippen LogP contribution in [0.4, 0.5) is 13.2 Å². The van der Waals surface area contributed by atoms with Crippen LogP contribution in [0, 0.1) is 0 Å². The van der Waals surface area contributed by atoms with Crippen LogP contribution in [0.2, 0.25) is 0 Å². The standard InChI is InChI=1S/C13H9NO2.C2HF3O2/c14-13(15)8-5-6-10-9-3-1-2-4-11(9)16-12(10)7-8;3-2(4,5)1(6)7/h1-7H,(H2,14,15);(H,6,7). The summed E-state index contributed by atoms with van der Waals surface area (Å²) in [6.45, 7) is 0. The Kier molecular flexibility index (Phi) is 4.26. The molecule has 0 saturated heterocycles. The van der Waals surface area contributed by atoms with Gasteiger partial charge in [0.15, 0.2) is 0 Å². The first-order chi connectivity index (χ1) is 10.7. The van der Waals surface area contributed by atoms with Crippen molar-refractivity contribution in [3.05, 3.63) is 48.0 Å². The summed E-state index contributed by atoms with van der Waals surface area (Å²) in [5, 5.41) is 9.18. The normalized spacial score (nSPS) is 11.1. The van der Waals surface area contributed by atoms with Gasteiger partial charge in [0.05, 0.1) is 0 Å². The monoisotopic (exact) mass is 325 g/mol. The number of rotatable bonds is 1. The molecule has 0 fully saturated rings. The molecule has 8 heteroatoms. The Labute approximate surface area is 127 Å². The molecule has 23 heavy (non-hydrogen) atoms. The molecular formula is C15H10F3NO4. The molecule has 1 aromatic heterocycles. The first-order valence-corrected chi connectivity index (χ1v) is 6.21. The van der Waals surface area contributed by atoms with Gasteiger partial charge in [0.1, 0.15) is 11.2 Å². The van der Waals surface area contributed by atoms with Gasteiger partial charge in [-0.05, 0) is 24.3 Å². The Morgan fingerprint density at radius 3 is 2.13 bits per heavy atom. The average Bonchev–Trinajstić information content (AvgIpc) is 2.84. The highest BCUT2D eigenvalue weighted by Crippen LogP contribution is 2.28. The summed E-state index contributed by atoms with van der Waals surface area (Å²) in [5.74, 6) is -3.20. The van der Waals surface area contributed by atoms with Gasteiger partial charge in [0.25, 0.3) is 0 Å². The number of nitrogens with two attached hydrogens (primary N) is 1. The van der Waals surface area contributed by atoms with Crippen LogP contribution in [-0.2, 0) is 4.79 Å². The van der Waals surface area contributed by atoms with Crippen LogP contribution >= 0.6 is 0 Å². The molecule has 0 aliphatic carbocycles. The Hall–Kier alpha value is -3.03. The van der Waals surface area contributed by atoms with Crippen LogP contribution in [0.25, 0.3) is 21.9 Å². The van der Waals surface area contributed by atoms with Gasteiger partial charge in [-0.15, -0.1) is 0 Å². The van der Waals surface area contributed by atoms with Crippen LogP contribution in [-0.4, -0.2) is 23.2 Å². The minimum absolute atomic E-state index is 0.442. The number of primary amides is 1. The number of alkyl halides is 3. The Bertz CT molecular complexity index is 883. The zero-order valence-electron chi connectivity index (χ0n) is 11.4. The predicted molar refractivity (Wildman–Crippen MR) is 75.9 cm³/mol. The number of carbonyl (C=O) groups excluding carboxylic acids is 1. The molecule has 0 bridgehead atoms. The van der Waals surface area contributed by atoms with Crippen molar-refractivity contribution in [2.75, 3.05) is 0 Å². The van der Waals surface area contributed by atoms with Crippen molar-refractivity contribution < 1.29 is 32.3 Å². The molecule has 1 heterocycles. The Morgan fingerprint density at radius 2 is 1.57 bits per heavy atom. The quantitative estimate of drug-likeness (QED) is 0.717. The smallest absolute Gasteiger partial charge is 0.475 e. The van der Waals surface area contributed by atoms with Gasteiger partial charge in [-0.3, -0.25) is 4.79 Å². The second kappa shape index (κ2) is 5.99. The maximum Gasteiger partial charge on any atom is 0.490 e. The molecule has 0 aliphatic heterocycles. The highest BCUT2D eigenvalue weighted by atomic mass is 19.4. The molecular weight excluding hydrogens is 315 g/mol. The van der Waals surface area contributed by atoms with Crippen molar-refractivity contribution >= 4 is 33.8 Å². The number of carboxylic acid groups (broad SMARTS) is 1. The van der Waals surface area contributed by atoms with Crippen molar-refractivity contribution in [2.24, 2.45) is 5.73 Å². The molecule has 3 aromatic rings. The summed E-state index contributed by atoms with van der Waals surface area (Å²) in [6.07, 6.45) is -5.08. The van der Waals surface area contributed by atoms with Crippen molar-refractivity contribution in [2.45, 2.75) is 6.18 Å². The number of fused-ring (bicyclic) bond motifs is 3. The lowest BCUT2D eigenvalue weighted by molar-refractivity contribution is -0.192. The van der Waals surface area contributed by atoms with E-state index in [2.05, 4.69) is 0 Å². The molecule has 1 amide bonds. The van der Waals surface area contributed by atoms with E-state index in [4.69, 9.17) is 20.1 Å². The van der Waals surface area contributed by atoms with E-state index in [1.54, 1.807) is 12.1 Å². The Balaban J connectivity index is 0.000000236. The van der Waals surface area contributed by atoms with E-state index >= 15 is 0 Å². The highest BCUT2D eigenvalue weighted by molar-refractivity contribution is 6.07. The number of carbonyl (C=O) groups is 2. The molecule has 0 spiro atoms. The number of aliphatic carboxylic acids is 1. The summed E-state index contributed by atoms with van der Waals surface area (Å²) < 4.78 is 37.4. The van der Waals surface area contributed by atoms with Crippen molar-refractivity contribution in [3.8, 4) is 0 Å². The van der Waals surface area contributed by atoms with Crippen LogP contribution in [0.3, 0.4) is 0 Å². The molecule has 0 atom stereocenters. The van der Waals surface area contributed by atoms with E-state index in [-0.39, 0.29) is 0 Å². The molecule has 5 nitrogen and oxygen atoms in total. The topological polar surface area (TPSA) is 93.5 Å². The van der Waals surface area contributed by atoms with E-state index in [1.807, 2.05) is 30.3 Å². The van der Waals surface area contributed by atoms with Crippen LogP contribution in [0.15, 0.2) is 46.9 Å². The third-order valence-corrected chi connectivity index (χ3v) is 2.91. The number of halogens is 3. The van der Waals surface area contributed by atoms with Crippen molar-refractivity contribution in [1.29, 1.82) is 0 Å². The minimum atomic E-state index is -5.08. The van der Waals surface area contributed by atoms with Gasteiger partial charge < -0.3 is 15.3 Å². The molecule has 2 aromatic carbocycles. The number of hydrogen-bond donors (Lipinski definition) is 2. The number of hydrogen-bond acceptors (Lipinski definition) is 3. The van der Waals surface area contributed by atoms with E-state index in [0.29, 0.717) is 11.1 Å². The third-order valence-electron chi connectivity index (χ3n) is 2.91. The number of carboxylic acids is 1. The van der Waals surface area contributed by atoms with Crippen molar-refractivity contribution in [3.63, 3.8) is 0 Å². The summed E-state index contributed by atoms with van der Waals surface area (Å²) in [4.78, 5) is 19.9. The van der Waals surface area contributed by atoms with Gasteiger partial charge in [-0.2, -0.15) is 13.2 Å². The molecule has 3 N–H and O–H groups in total. The highest BCUT2D eigenvalue weighted by Gasteiger charge is 2.38. The molecule has 0 unspecified atom stereocenters. The van der Waals surface area contributed by atoms with E-state index in [9.17, 15) is 18.0 Å². The molecule has 0 saturated carbocycles. The second-order valence-corrected chi connectivity index (χ2v) is 4.48. The van der Waals surface area contributed by atoms with Crippen LogP contribution < -0.4 is 5.73 Å². The zero-order valence-corrected chi connectivity index (χ0v) is 11.4. The number of furan rings is 1. The fraction of sp³-hybridized carbons (Fsp3) is 0.0667. The van der Waals surface area contributed by atoms with Gasteiger partial charge >= 0.3 is 12.1 Å². The zero-order chi connectivity index (χ0) is 17.2. The van der Waals surface area contributed by atoms with Gasteiger partial charge in [0.2, 0.25) is 5.91 Å². The fourth-order valence-electron chi connectivity index (χ4n) is 1.88. The number of para-hydroxylation sites is 1. The van der Waals surface area contributed by atoms with E-state index in [1.165, 1.54) is 0 Å². The van der Waals surface area contributed by atoms with Crippen LogP contribution in [0.5, 0.6) is 0 Å². The molecule has 120 valence electrons. The van der Waals surface area contributed by atoms with E-state index in [0.717, 1.165) is 16.4 Å². The third kappa shape index (κ3) is 3.60. The van der Waals surface area contributed by atoms with E-state index < -0.39 is 18.1 Å². The van der Waals surface area contributed by atoms with Gasteiger partial charge in [-0.1, -0.05) is 18.2 Å². The predicted octanol–water partition coefficient (Wildman–Crippen LogP) is 3.32. The summed E-state index contributed by atoms with van der Waals surface area (Å²) in [7, 11) is 0. The van der Waals surface area contributed by atoms with Gasteiger partial charge in [0, 0.05) is 16.3 Å². The first kappa shape index (κ1) is 16.3. The average molecular weight is 325 g/mol. The molecule has 0 radical (unpaired) electrons. The molecule has 0 aliphatic rings. The summed E-state index contributed by atoms with van der Waals surface area (Å²) >= 11 is 0. The molecule has 3 rings (SSSR count). The second-order valence-electron chi connectivity index (χ2n) is 4.48. The first-order valence-electron chi connectivity index (χ1n) is 6.21. The summed E-state index contributed by atoms with van der Waals surface area (Å²) in [5.41, 5.74) is 7.19. The minimum Gasteiger partial charge on any atom is -0.475 e. The SMILES string of the molecule is NC(=O)c1ccc2c(c1)oc1ccccc12.O=C(O)C(F)(F)F. The van der Waals surface area contributed by atoms with Crippen LogP contribution in [0.1, 0.15) is 10.4 Å². The maximum absolute atomic E-state index is 11.0. The lowest BCUT2D eigenvalue weighted by Crippen LogP contribution is -2.21. The number of amides is 1. The van der Waals surface area contributed by atoms with Gasteiger partial charge in [-0.25, -0.2) is 4.79 Å². The lowest BCUT2D eigenvalue weighted by atomic mass is 10.1. The maximum atomic E-state index is 11.0. The largest absolute Gasteiger partial charge is 0.490 e. The fourth-order valence-corrected chi connectivity index (χ4v) is 1.88. The van der Waals surface area contributed by atoms with Crippen molar-refractivity contribution in [1.82, 2.24) is 0 Å².